The number of aliphatic imine (C=N–C) groups is 1. The lowest BCUT2D eigenvalue weighted by molar-refractivity contribution is 0.609. The minimum absolute atomic E-state index is 0.155. The molecule has 0 bridgehead atoms. The Balaban J connectivity index is 1.44. The highest BCUT2D eigenvalue weighted by atomic mass is 15.0. The van der Waals surface area contributed by atoms with Crippen LogP contribution < -0.4 is 27.5 Å². The number of nitrogens with one attached hydrogen (secondary N) is 2. The molecule has 0 saturated carbocycles. The minimum atomic E-state index is 0.155. The topological polar surface area (TPSA) is 119 Å². The van der Waals surface area contributed by atoms with Crippen molar-refractivity contribution >= 4 is 28.4 Å². The Labute approximate surface area is 234 Å². The van der Waals surface area contributed by atoms with Gasteiger partial charge >= 0.3 is 0 Å². The van der Waals surface area contributed by atoms with Gasteiger partial charge in [0.1, 0.15) is 0 Å². The predicted octanol–water partition coefficient (Wildman–Crippen LogP) is 4.81. The predicted molar refractivity (Wildman–Crippen MR) is 165 cm³/mol. The van der Waals surface area contributed by atoms with E-state index in [-0.39, 0.29) is 5.96 Å². The summed E-state index contributed by atoms with van der Waals surface area (Å²) < 4.78 is 2.27. The minimum Gasteiger partial charge on any atom is -0.370 e. The third kappa shape index (κ3) is 6.84. The summed E-state index contributed by atoms with van der Waals surface area (Å²) >= 11 is 0. The summed E-state index contributed by atoms with van der Waals surface area (Å²) in [6.07, 6.45) is 2.93. The van der Waals surface area contributed by atoms with E-state index in [2.05, 4.69) is 86.9 Å². The van der Waals surface area contributed by atoms with Gasteiger partial charge in [0.25, 0.3) is 0 Å². The standard InChI is InChI=1S/C32H36N8/c33-32(34)37-20-10-9-18-35-19-11-21-36-27-23-31-29(22-28(27)38-24-12-3-1-4-13-24)39-26-16-7-8-17-30(26)40(31)25-14-5-2-6-15-25/h1-8,12-17,22-23,35,38H,9-11,18-21H2,(H4,33,34,37). The molecule has 0 amide bonds. The van der Waals surface area contributed by atoms with E-state index < -0.39 is 0 Å². The summed E-state index contributed by atoms with van der Waals surface area (Å²) in [4.78, 5) is 14.1. The lowest BCUT2D eigenvalue weighted by Crippen LogP contribution is -2.23. The van der Waals surface area contributed by atoms with E-state index in [0.717, 1.165) is 77.2 Å². The average molecular weight is 533 g/mol. The van der Waals surface area contributed by atoms with Gasteiger partial charge in [-0.3, -0.25) is 9.98 Å². The fraction of sp³-hybridized carbons (Fsp3) is 0.219. The molecule has 1 aliphatic heterocycles. The van der Waals surface area contributed by atoms with E-state index in [0.29, 0.717) is 13.1 Å². The number of unbranched alkanes of at least 4 members (excludes halogenated alkanes) is 1. The molecule has 8 nitrogen and oxygen atoms in total. The number of nitrogens with two attached hydrogens (primary N) is 2. The normalized spacial score (nSPS) is 11.7. The highest BCUT2D eigenvalue weighted by Crippen LogP contribution is 2.30. The van der Waals surface area contributed by atoms with E-state index in [9.17, 15) is 0 Å². The van der Waals surface area contributed by atoms with Crippen LogP contribution >= 0.6 is 0 Å². The molecule has 6 N–H and O–H groups in total. The first-order valence-electron chi connectivity index (χ1n) is 13.8. The van der Waals surface area contributed by atoms with Crippen LogP contribution in [0.15, 0.2) is 107 Å². The molecule has 1 heterocycles. The Morgan fingerprint density at radius 3 is 2.30 bits per heavy atom. The molecule has 0 radical (unpaired) electrons. The zero-order valence-corrected chi connectivity index (χ0v) is 22.6. The van der Waals surface area contributed by atoms with Gasteiger partial charge in [-0.15, -0.1) is 0 Å². The van der Waals surface area contributed by atoms with Gasteiger partial charge in [0.05, 0.1) is 33.5 Å². The van der Waals surface area contributed by atoms with E-state index in [1.165, 1.54) is 0 Å². The van der Waals surface area contributed by atoms with Crippen LogP contribution in [0.3, 0.4) is 0 Å². The van der Waals surface area contributed by atoms with Crippen LogP contribution in [0.2, 0.25) is 0 Å². The molecular weight excluding hydrogens is 496 g/mol. The molecule has 0 atom stereocenters. The Morgan fingerprint density at radius 2 is 1.50 bits per heavy atom. The fourth-order valence-corrected chi connectivity index (χ4v) is 4.70. The first-order valence-corrected chi connectivity index (χ1v) is 13.8. The molecule has 1 aliphatic carbocycles. The molecular formula is C32H36N8. The maximum absolute atomic E-state index is 5.38. The highest BCUT2D eigenvalue weighted by Gasteiger charge is 2.16. The first-order chi connectivity index (χ1) is 19.7. The zero-order valence-electron chi connectivity index (χ0n) is 22.6. The fourth-order valence-electron chi connectivity index (χ4n) is 4.70. The maximum Gasteiger partial charge on any atom is 0.185 e. The number of guanidine groups is 1. The number of para-hydroxylation sites is 4. The van der Waals surface area contributed by atoms with Crippen LogP contribution in [-0.4, -0.2) is 41.7 Å². The van der Waals surface area contributed by atoms with Crippen LogP contribution in [-0.2, 0) is 0 Å². The second kappa shape index (κ2) is 13.4. The molecule has 5 rings (SSSR count). The Morgan fingerprint density at radius 1 is 0.775 bits per heavy atom. The van der Waals surface area contributed by atoms with Gasteiger partial charge in [-0.05, 0) is 80.9 Å². The number of anilines is 2. The van der Waals surface area contributed by atoms with Crippen molar-refractivity contribution < 1.29 is 0 Å². The largest absolute Gasteiger partial charge is 0.370 e. The molecule has 40 heavy (non-hydrogen) atoms. The third-order valence-corrected chi connectivity index (χ3v) is 6.61. The Hall–Kier alpha value is -4.69. The van der Waals surface area contributed by atoms with Gasteiger partial charge in [0.2, 0.25) is 0 Å². The van der Waals surface area contributed by atoms with Crippen molar-refractivity contribution in [1.29, 1.82) is 0 Å². The van der Waals surface area contributed by atoms with E-state index in [4.69, 9.17) is 21.4 Å². The van der Waals surface area contributed by atoms with Crippen molar-refractivity contribution in [3.05, 3.63) is 102 Å². The molecule has 0 spiro atoms. The molecule has 2 aliphatic rings. The summed E-state index contributed by atoms with van der Waals surface area (Å²) in [6.45, 7) is 3.22. The summed E-state index contributed by atoms with van der Waals surface area (Å²) in [6, 6.07) is 33.1. The van der Waals surface area contributed by atoms with Gasteiger partial charge in [-0.2, -0.15) is 0 Å². The number of benzene rings is 4. The molecule has 0 aromatic heterocycles. The van der Waals surface area contributed by atoms with Crippen LogP contribution in [0.5, 0.6) is 0 Å². The van der Waals surface area contributed by atoms with Gasteiger partial charge in [0.15, 0.2) is 5.96 Å². The number of nitrogens with zero attached hydrogens (tertiary/aromatic N) is 4. The van der Waals surface area contributed by atoms with Crippen LogP contribution in [0.25, 0.3) is 28.1 Å². The van der Waals surface area contributed by atoms with Gasteiger partial charge < -0.3 is 26.7 Å². The molecule has 3 aromatic rings. The van der Waals surface area contributed by atoms with Gasteiger partial charge in [0, 0.05) is 24.5 Å². The van der Waals surface area contributed by atoms with Crippen molar-refractivity contribution in [3.63, 3.8) is 0 Å². The van der Waals surface area contributed by atoms with E-state index >= 15 is 0 Å². The quantitative estimate of drug-likeness (QED) is 0.0796. The zero-order chi connectivity index (χ0) is 27.6. The van der Waals surface area contributed by atoms with Crippen LogP contribution in [0.4, 0.5) is 11.4 Å². The second-order valence-corrected chi connectivity index (χ2v) is 9.62. The van der Waals surface area contributed by atoms with Crippen molar-refractivity contribution in [1.82, 2.24) is 14.9 Å². The van der Waals surface area contributed by atoms with Crippen molar-refractivity contribution in [3.8, 4) is 17.1 Å². The molecule has 0 unspecified atom stereocenters. The number of fused-ring (bicyclic) bond motifs is 2. The monoisotopic (exact) mass is 532 g/mol. The SMILES string of the molecule is NC(N)=NCCCCNCCCN=c1cc2n(-c3ccccc3)c3ccccc3nc-2cc1Nc1ccccc1. The second-order valence-electron chi connectivity index (χ2n) is 9.62. The number of hydrogen-bond acceptors (Lipinski definition) is 5. The Kier molecular flexibility index (Phi) is 9.01. The lowest BCUT2D eigenvalue weighted by atomic mass is 10.1. The van der Waals surface area contributed by atoms with Gasteiger partial charge in [-0.25, -0.2) is 4.98 Å². The first kappa shape index (κ1) is 26.9. The molecule has 204 valence electrons. The van der Waals surface area contributed by atoms with Crippen molar-refractivity contribution in [2.45, 2.75) is 19.3 Å². The summed E-state index contributed by atoms with van der Waals surface area (Å²) in [5.41, 5.74) is 17.7. The highest BCUT2D eigenvalue weighted by molar-refractivity contribution is 5.84. The summed E-state index contributed by atoms with van der Waals surface area (Å²) in [5.74, 6) is 0.155. The van der Waals surface area contributed by atoms with Crippen molar-refractivity contribution in [2.24, 2.45) is 21.5 Å². The summed E-state index contributed by atoms with van der Waals surface area (Å²) in [5, 5.41) is 7.98. The molecule has 8 heteroatoms. The molecule has 0 fully saturated rings. The number of hydrogen-bond donors (Lipinski definition) is 4. The van der Waals surface area contributed by atoms with Crippen LogP contribution in [0, 0.1) is 0 Å². The van der Waals surface area contributed by atoms with Crippen LogP contribution in [0.1, 0.15) is 19.3 Å². The maximum atomic E-state index is 5.38. The third-order valence-electron chi connectivity index (χ3n) is 6.61. The average Bonchev–Trinajstić information content (AvgIpc) is 2.98. The smallest absolute Gasteiger partial charge is 0.185 e. The van der Waals surface area contributed by atoms with E-state index in [1.807, 2.05) is 30.3 Å². The van der Waals surface area contributed by atoms with Gasteiger partial charge in [-0.1, -0.05) is 48.5 Å². The number of aromatic nitrogens is 2. The summed E-state index contributed by atoms with van der Waals surface area (Å²) in [7, 11) is 0. The lowest BCUT2D eigenvalue weighted by Gasteiger charge is -2.20. The number of rotatable bonds is 12. The molecule has 3 aromatic carbocycles. The Bertz CT molecular complexity index is 1590. The van der Waals surface area contributed by atoms with Crippen molar-refractivity contribution in [2.75, 3.05) is 31.5 Å². The van der Waals surface area contributed by atoms with E-state index in [1.54, 1.807) is 0 Å². The molecule has 0 saturated heterocycles.